The summed E-state index contributed by atoms with van der Waals surface area (Å²) in [5.74, 6) is -0.901. The van der Waals surface area contributed by atoms with E-state index in [9.17, 15) is 14.4 Å². The minimum atomic E-state index is -0.789. The van der Waals surface area contributed by atoms with Gasteiger partial charge in [0.05, 0.1) is 0 Å². The molecule has 0 aromatic carbocycles. The van der Waals surface area contributed by atoms with E-state index in [1.54, 1.807) is 0 Å². The Kier molecular flexibility index (Phi) is 56.3. The Bertz CT molecular complexity index is 1260. The predicted octanol–water partition coefficient (Wildman–Crippen LogP) is 20.4. The van der Waals surface area contributed by atoms with Gasteiger partial charge in [0.25, 0.3) is 0 Å². The second-order valence-corrected chi connectivity index (χ2v) is 20.4. The maximum absolute atomic E-state index is 12.9. The third kappa shape index (κ3) is 56.0. The van der Waals surface area contributed by atoms with E-state index in [1.165, 1.54) is 180 Å². The van der Waals surface area contributed by atoms with Crippen LogP contribution in [0, 0.1) is 0 Å². The summed E-state index contributed by atoms with van der Waals surface area (Å²) in [5, 5.41) is 0. The number of rotatable bonds is 55. The van der Waals surface area contributed by atoms with Gasteiger partial charge in [-0.3, -0.25) is 14.4 Å². The number of carbonyl (C=O) groups is 3. The molecule has 0 heterocycles. The summed E-state index contributed by atoms with van der Waals surface area (Å²) in [4.78, 5) is 38.2. The van der Waals surface area contributed by atoms with Gasteiger partial charge in [-0.05, 0) is 70.6 Å². The SMILES string of the molecule is CCCCC/C=C\C=C/CCCCCCCCC(=O)OCC(COC(=O)CCCCCCCCCCCCCCCCCCCCC)OC(=O)CCCCCCC\C=C/C=C\C=C/CCCCCCC. The number of ether oxygens (including phenoxy) is 3. The fourth-order valence-electron chi connectivity index (χ4n) is 8.73. The van der Waals surface area contributed by atoms with E-state index in [4.69, 9.17) is 14.2 Å². The molecular formula is C64H114O6. The molecule has 1 unspecified atom stereocenters. The van der Waals surface area contributed by atoms with Crippen molar-refractivity contribution in [2.45, 2.75) is 316 Å². The van der Waals surface area contributed by atoms with Crippen LogP contribution in [0.2, 0.25) is 0 Å². The molecule has 0 aliphatic rings. The van der Waals surface area contributed by atoms with Gasteiger partial charge in [0.1, 0.15) is 13.2 Å². The van der Waals surface area contributed by atoms with Gasteiger partial charge in [-0.15, -0.1) is 0 Å². The van der Waals surface area contributed by atoms with Gasteiger partial charge in [0.15, 0.2) is 6.10 Å². The van der Waals surface area contributed by atoms with Crippen LogP contribution in [0.15, 0.2) is 60.8 Å². The van der Waals surface area contributed by atoms with Crippen LogP contribution in [0.5, 0.6) is 0 Å². The first kappa shape index (κ1) is 67.1. The molecule has 0 spiro atoms. The first-order chi connectivity index (χ1) is 34.5. The third-order valence-electron chi connectivity index (χ3n) is 13.3. The third-order valence-corrected chi connectivity index (χ3v) is 13.3. The lowest BCUT2D eigenvalue weighted by Crippen LogP contribution is -2.30. The van der Waals surface area contributed by atoms with Gasteiger partial charge in [-0.2, -0.15) is 0 Å². The normalized spacial score (nSPS) is 12.4. The molecule has 0 bridgehead atoms. The quantitative estimate of drug-likeness (QED) is 0.0261. The van der Waals surface area contributed by atoms with Gasteiger partial charge in [-0.1, -0.05) is 281 Å². The van der Waals surface area contributed by atoms with Crippen LogP contribution in [0.3, 0.4) is 0 Å². The minimum Gasteiger partial charge on any atom is -0.462 e. The number of hydrogen-bond donors (Lipinski definition) is 0. The van der Waals surface area contributed by atoms with Crippen molar-refractivity contribution in [3.8, 4) is 0 Å². The van der Waals surface area contributed by atoms with E-state index in [0.717, 1.165) is 89.9 Å². The zero-order chi connectivity index (χ0) is 50.7. The lowest BCUT2D eigenvalue weighted by Gasteiger charge is -2.18. The molecule has 1 atom stereocenters. The fourth-order valence-corrected chi connectivity index (χ4v) is 8.73. The summed E-state index contributed by atoms with van der Waals surface area (Å²) >= 11 is 0. The lowest BCUT2D eigenvalue weighted by atomic mass is 10.0. The van der Waals surface area contributed by atoms with Crippen molar-refractivity contribution in [2.75, 3.05) is 13.2 Å². The molecule has 0 saturated heterocycles. The summed E-state index contributed by atoms with van der Waals surface area (Å²) < 4.78 is 16.9. The summed E-state index contributed by atoms with van der Waals surface area (Å²) in [6.45, 7) is 6.61. The highest BCUT2D eigenvalue weighted by molar-refractivity contribution is 5.71. The highest BCUT2D eigenvalue weighted by atomic mass is 16.6. The monoisotopic (exact) mass is 979 g/mol. The molecule has 0 N–H and O–H groups in total. The minimum absolute atomic E-state index is 0.0838. The lowest BCUT2D eigenvalue weighted by molar-refractivity contribution is -0.167. The molecular weight excluding hydrogens is 865 g/mol. The van der Waals surface area contributed by atoms with Crippen LogP contribution in [-0.2, 0) is 28.6 Å². The molecule has 6 nitrogen and oxygen atoms in total. The van der Waals surface area contributed by atoms with Crippen molar-refractivity contribution >= 4 is 17.9 Å². The standard InChI is InChI=1S/C64H114O6/c1-4-7-10-13-16-19-22-25-28-30-32-34-36-39-42-45-48-51-54-57-63(66)69-60-61(59-68-62(65)56-53-50-47-44-41-38-35-27-24-21-18-15-12-9-6-3)70-64(67)58-55-52-49-46-43-40-37-33-31-29-26-23-20-17-14-11-8-5-2/h18,21,23-24,26-27,29,31,33,37,61H,4-17,19-20,22,25,28,30,32,34-36,38-60H2,1-3H3/b21-18-,26-23-,27-24-,31-29-,37-33-. The number of unbranched alkanes of at least 4 members (excludes halogenated alkanes) is 37. The number of esters is 3. The predicted molar refractivity (Wildman–Crippen MR) is 302 cm³/mol. The Morgan fingerprint density at radius 3 is 0.829 bits per heavy atom. The molecule has 0 amide bonds. The van der Waals surface area contributed by atoms with Gasteiger partial charge in [0.2, 0.25) is 0 Å². The van der Waals surface area contributed by atoms with E-state index in [0.29, 0.717) is 19.3 Å². The Balaban J connectivity index is 4.40. The van der Waals surface area contributed by atoms with Crippen LogP contribution in [0.4, 0.5) is 0 Å². The Labute approximate surface area is 434 Å². The Morgan fingerprint density at radius 1 is 0.286 bits per heavy atom. The molecule has 0 aliphatic carbocycles. The average molecular weight is 980 g/mol. The van der Waals surface area contributed by atoms with Gasteiger partial charge in [0, 0.05) is 19.3 Å². The second kappa shape index (κ2) is 58.7. The highest BCUT2D eigenvalue weighted by Crippen LogP contribution is 2.16. The summed E-state index contributed by atoms with van der Waals surface area (Å²) in [5.41, 5.74) is 0. The first-order valence-electron chi connectivity index (χ1n) is 30.3. The van der Waals surface area contributed by atoms with Crippen molar-refractivity contribution in [3.63, 3.8) is 0 Å². The molecule has 0 aromatic heterocycles. The van der Waals surface area contributed by atoms with Gasteiger partial charge >= 0.3 is 17.9 Å². The van der Waals surface area contributed by atoms with E-state index in [-0.39, 0.29) is 31.1 Å². The van der Waals surface area contributed by atoms with Crippen molar-refractivity contribution in [1.29, 1.82) is 0 Å². The molecule has 70 heavy (non-hydrogen) atoms. The molecule has 0 rings (SSSR count). The number of allylic oxidation sites excluding steroid dienone is 10. The van der Waals surface area contributed by atoms with E-state index < -0.39 is 6.10 Å². The highest BCUT2D eigenvalue weighted by Gasteiger charge is 2.19. The van der Waals surface area contributed by atoms with Gasteiger partial charge in [-0.25, -0.2) is 0 Å². The largest absolute Gasteiger partial charge is 0.462 e. The summed E-state index contributed by atoms with van der Waals surface area (Å²) in [6.07, 6.45) is 73.5. The van der Waals surface area contributed by atoms with Crippen molar-refractivity contribution in [3.05, 3.63) is 60.8 Å². The zero-order valence-electron chi connectivity index (χ0n) is 46.5. The maximum atomic E-state index is 12.9. The molecule has 6 heteroatoms. The topological polar surface area (TPSA) is 78.9 Å². The molecule has 0 aliphatic heterocycles. The second-order valence-electron chi connectivity index (χ2n) is 20.4. The van der Waals surface area contributed by atoms with Crippen molar-refractivity contribution in [2.24, 2.45) is 0 Å². The van der Waals surface area contributed by atoms with Crippen LogP contribution in [0.1, 0.15) is 310 Å². The molecule has 0 aromatic rings. The molecule has 0 fully saturated rings. The summed E-state index contributed by atoms with van der Waals surface area (Å²) in [7, 11) is 0. The van der Waals surface area contributed by atoms with Crippen molar-refractivity contribution in [1.82, 2.24) is 0 Å². The maximum Gasteiger partial charge on any atom is 0.306 e. The molecule has 0 radical (unpaired) electrons. The first-order valence-corrected chi connectivity index (χ1v) is 30.3. The fraction of sp³-hybridized carbons (Fsp3) is 0.797. The Morgan fingerprint density at radius 2 is 0.514 bits per heavy atom. The van der Waals surface area contributed by atoms with E-state index in [2.05, 4.69) is 81.5 Å². The molecule has 0 saturated carbocycles. The van der Waals surface area contributed by atoms with Crippen molar-refractivity contribution < 1.29 is 28.6 Å². The number of carbonyl (C=O) groups excluding carboxylic acids is 3. The number of hydrogen-bond acceptors (Lipinski definition) is 6. The smallest absolute Gasteiger partial charge is 0.306 e. The van der Waals surface area contributed by atoms with Crippen LogP contribution in [0.25, 0.3) is 0 Å². The average Bonchev–Trinajstić information content (AvgIpc) is 3.36. The zero-order valence-corrected chi connectivity index (χ0v) is 46.5. The van der Waals surface area contributed by atoms with Gasteiger partial charge < -0.3 is 14.2 Å². The van der Waals surface area contributed by atoms with E-state index >= 15 is 0 Å². The van der Waals surface area contributed by atoms with Crippen LogP contribution in [-0.4, -0.2) is 37.2 Å². The molecule has 406 valence electrons. The van der Waals surface area contributed by atoms with Crippen LogP contribution < -0.4 is 0 Å². The van der Waals surface area contributed by atoms with Crippen LogP contribution >= 0.6 is 0 Å². The summed E-state index contributed by atoms with van der Waals surface area (Å²) in [6, 6.07) is 0. The Hall–Kier alpha value is -2.89. The van der Waals surface area contributed by atoms with E-state index in [1.807, 2.05) is 0 Å².